The summed E-state index contributed by atoms with van der Waals surface area (Å²) in [7, 11) is -6.00. The van der Waals surface area contributed by atoms with Crippen LogP contribution in [0.15, 0.2) is 12.4 Å². The Balaban J connectivity index is 0.000000292. The third-order valence-corrected chi connectivity index (χ3v) is 1.44. The quantitative estimate of drug-likeness (QED) is 0.441. The molecule has 0 atom stereocenters. The van der Waals surface area contributed by atoms with Crippen molar-refractivity contribution >= 4 is 7.25 Å². The number of nitrogens with zero attached hydrogens (tertiary/aromatic N) is 1. The van der Waals surface area contributed by atoms with E-state index in [1.165, 1.54) is 12.2 Å². The third-order valence-electron chi connectivity index (χ3n) is 1.44. The zero-order chi connectivity index (χ0) is 11.2. The van der Waals surface area contributed by atoms with Crippen molar-refractivity contribution in [1.82, 2.24) is 4.98 Å². The minimum atomic E-state index is -6.00. The van der Waals surface area contributed by atoms with Crippen molar-refractivity contribution < 1.29 is 21.8 Å². The fraction of sp³-hybridized carbons (Fsp3) is 0.571. The molecule has 0 aromatic carbocycles. The number of imidazole rings is 1. The largest absolute Gasteiger partial charge is 0.673 e. The van der Waals surface area contributed by atoms with E-state index >= 15 is 0 Å². The van der Waals surface area contributed by atoms with Crippen molar-refractivity contribution in [2.75, 3.05) is 0 Å². The number of aromatic amines is 1. The number of aromatic nitrogens is 2. The number of rotatable bonds is 2. The maximum absolute atomic E-state index is 9.75. The van der Waals surface area contributed by atoms with E-state index < -0.39 is 7.25 Å². The van der Waals surface area contributed by atoms with Crippen molar-refractivity contribution in [1.29, 1.82) is 0 Å². The highest BCUT2D eigenvalue weighted by Gasteiger charge is 2.20. The molecule has 0 spiro atoms. The van der Waals surface area contributed by atoms with Crippen LogP contribution in [0.5, 0.6) is 0 Å². The van der Waals surface area contributed by atoms with Gasteiger partial charge in [-0.05, 0) is 6.42 Å². The van der Waals surface area contributed by atoms with E-state index in [0.717, 1.165) is 6.54 Å². The topological polar surface area (TPSA) is 19.7 Å². The standard InChI is InChI=1S/C7H12N2.BF4/c1-3-5-9-6-4-8-7(9)2;2-1(3,4)5/h4,6H,3,5H2,1-2H3;/q;-1/p+1. The Morgan fingerprint density at radius 3 is 2.14 bits per heavy atom. The summed E-state index contributed by atoms with van der Waals surface area (Å²) in [5.41, 5.74) is 0. The molecule has 0 aliphatic rings. The zero-order valence-electron chi connectivity index (χ0n) is 8.11. The van der Waals surface area contributed by atoms with Crippen molar-refractivity contribution in [3.05, 3.63) is 18.2 Å². The van der Waals surface area contributed by atoms with E-state index in [1.54, 1.807) is 0 Å². The Kier molecular flexibility index (Phi) is 5.26. The zero-order valence-corrected chi connectivity index (χ0v) is 8.11. The van der Waals surface area contributed by atoms with E-state index in [4.69, 9.17) is 0 Å². The van der Waals surface area contributed by atoms with E-state index in [-0.39, 0.29) is 0 Å². The summed E-state index contributed by atoms with van der Waals surface area (Å²) in [4.78, 5) is 3.12. The van der Waals surface area contributed by atoms with Crippen molar-refractivity contribution in [3.8, 4) is 0 Å². The number of nitrogens with one attached hydrogen (secondary N) is 1. The summed E-state index contributed by atoms with van der Waals surface area (Å²) in [5.74, 6) is 1.23. The molecule has 1 N–H and O–H groups in total. The average molecular weight is 212 g/mol. The van der Waals surface area contributed by atoms with Gasteiger partial charge in [-0.2, -0.15) is 0 Å². The molecule has 0 radical (unpaired) electrons. The molecule has 14 heavy (non-hydrogen) atoms. The second-order valence-corrected chi connectivity index (χ2v) is 2.73. The molecule has 1 aromatic heterocycles. The van der Waals surface area contributed by atoms with Crippen molar-refractivity contribution in [3.63, 3.8) is 0 Å². The molecule has 1 rings (SSSR count). The first-order valence-corrected chi connectivity index (χ1v) is 4.25. The lowest BCUT2D eigenvalue weighted by Crippen LogP contribution is -2.33. The SMILES string of the molecule is CCC[n+]1cc[nH]c1C.F[B-](F)(F)F. The molecule has 0 unspecified atom stereocenters. The van der Waals surface area contributed by atoms with Gasteiger partial charge in [0.15, 0.2) is 0 Å². The van der Waals surface area contributed by atoms with Crippen LogP contribution in [0.4, 0.5) is 17.3 Å². The van der Waals surface area contributed by atoms with Crippen LogP contribution in [0.3, 0.4) is 0 Å². The van der Waals surface area contributed by atoms with Gasteiger partial charge in [0.1, 0.15) is 12.4 Å². The molecule has 7 heteroatoms. The van der Waals surface area contributed by atoms with Gasteiger partial charge in [-0.25, -0.2) is 9.55 Å². The fourth-order valence-corrected chi connectivity index (χ4v) is 0.926. The predicted octanol–water partition coefficient (Wildman–Crippen LogP) is 2.32. The van der Waals surface area contributed by atoms with E-state index in [9.17, 15) is 17.3 Å². The first-order chi connectivity index (χ1) is 6.34. The first kappa shape index (κ1) is 13.0. The second kappa shape index (κ2) is 5.67. The molecule has 1 heterocycles. The van der Waals surface area contributed by atoms with Crippen LogP contribution in [0.1, 0.15) is 19.2 Å². The van der Waals surface area contributed by atoms with Crippen LogP contribution in [0, 0.1) is 6.92 Å². The number of hydrogen-bond donors (Lipinski definition) is 1. The van der Waals surface area contributed by atoms with Gasteiger partial charge in [0.2, 0.25) is 0 Å². The molecule has 0 bridgehead atoms. The predicted molar refractivity (Wildman–Crippen MR) is 46.2 cm³/mol. The average Bonchev–Trinajstić information content (AvgIpc) is 2.34. The molecule has 2 nitrogen and oxygen atoms in total. The maximum Gasteiger partial charge on any atom is 0.673 e. The molecule has 0 fully saturated rings. The van der Waals surface area contributed by atoms with Gasteiger partial charge in [0, 0.05) is 6.92 Å². The van der Waals surface area contributed by atoms with Crippen molar-refractivity contribution in [2.45, 2.75) is 26.8 Å². The van der Waals surface area contributed by atoms with Gasteiger partial charge in [-0.1, -0.05) is 6.92 Å². The highest BCUT2D eigenvalue weighted by atomic mass is 19.5. The van der Waals surface area contributed by atoms with Crippen LogP contribution in [0.2, 0.25) is 0 Å². The van der Waals surface area contributed by atoms with Gasteiger partial charge in [0.25, 0.3) is 5.82 Å². The van der Waals surface area contributed by atoms with Gasteiger partial charge >= 0.3 is 7.25 Å². The third kappa shape index (κ3) is 7.63. The second-order valence-electron chi connectivity index (χ2n) is 2.73. The monoisotopic (exact) mass is 212 g/mol. The van der Waals surface area contributed by atoms with Crippen LogP contribution in [-0.4, -0.2) is 12.2 Å². The van der Waals surface area contributed by atoms with E-state index in [1.807, 2.05) is 6.20 Å². The molecule has 0 saturated heterocycles. The fourth-order valence-electron chi connectivity index (χ4n) is 0.926. The van der Waals surface area contributed by atoms with Gasteiger partial charge in [-0.15, -0.1) is 0 Å². The molecule has 0 saturated carbocycles. The minimum absolute atomic E-state index is 1.12. The lowest BCUT2D eigenvalue weighted by Gasteiger charge is -1.94. The summed E-state index contributed by atoms with van der Waals surface area (Å²) >= 11 is 0. The van der Waals surface area contributed by atoms with Crippen molar-refractivity contribution in [2.24, 2.45) is 0 Å². The summed E-state index contributed by atoms with van der Waals surface area (Å²) < 4.78 is 41.2. The Morgan fingerprint density at radius 1 is 1.36 bits per heavy atom. The Morgan fingerprint density at radius 2 is 1.86 bits per heavy atom. The Hall–Kier alpha value is -1.01. The number of hydrogen-bond acceptors (Lipinski definition) is 0. The maximum atomic E-state index is 9.75. The molecule has 82 valence electrons. The van der Waals surface area contributed by atoms with Gasteiger partial charge in [-0.3, -0.25) is 0 Å². The minimum Gasteiger partial charge on any atom is -0.418 e. The highest BCUT2D eigenvalue weighted by molar-refractivity contribution is 6.50. The summed E-state index contributed by atoms with van der Waals surface area (Å²) in [6, 6.07) is 0. The summed E-state index contributed by atoms with van der Waals surface area (Å²) in [6.07, 6.45) is 5.23. The lowest BCUT2D eigenvalue weighted by molar-refractivity contribution is -0.701. The van der Waals surface area contributed by atoms with Gasteiger partial charge in [0.05, 0.1) is 6.54 Å². The van der Waals surface area contributed by atoms with Gasteiger partial charge < -0.3 is 17.3 Å². The molecule has 1 aromatic rings. The highest BCUT2D eigenvalue weighted by Crippen LogP contribution is 2.06. The van der Waals surface area contributed by atoms with Crippen LogP contribution >= 0.6 is 0 Å². The van der Waals surface area contributed by atoms with Crippen LogP contribution < -0.4 is 4.57 Å². The molecular weight excluding hydrogens is 199 g/mol. The number of H-pyrrole nitrogens is 1. The summed E-state index contributed by atoms with van der Waals surface area (Å²) in [5, 5.41) is 0. The Bertz CT molecular complexity index is 252. The normalized spacial score (nSPS) is 10.7. The first-order valence-electron chi connectivity index (χ1n) is 4.25. The Labute approximate surface area is 80.1 Å². The smallest absolute Gasteiger partial charge is 0.418 e. The molecule has 0 aliphatic heterocycles. The van der Waals surface area contributed by atoms with Crippen LogP contribution in [0.25, 0.3) is 0 Å². The molecule has 0 amide bonds. The van der Waals surface area contributed by atoms with E-state index in [0.29, 0.717) is 0 Å². The lowest BCUT2D eigenvalue weighted by atomic mass is 10.3. The molecular formula is C7H13BF4N2. The van der Waals surface area contributed by atoms with Crippen LogP contribution in [-0.2, 0) is 6.54 Å². The number of aryl methyl sites for hydroxylation is 2. The summed E-state index contributed by atoms with van der Waals surface area (Å²) in [6.45, 7) is 5.38. The number of halogens is 4. The molecule has 0 aliphatic carbocycles. The van der Waals surface area contributed by atoms with E-state index in [2.05, 4.69) is 29.6 Å².